The van der Waals surface area contributed by atoms with E-state index in [2.05, 4.69) is 5.16 Å². The van der Waals surface area contributed by atoms with E-state index in [-0.39, 0.29) is 17.5 Å². The molecular formula is C20H18N4O4. The van der Waals surface area contributed by atoms with Gasteiger partial charge in [0.15, 0.2) is 5.84 Å². The van der Waals surface area contributed by atoms with Gasteiger partial charge in [0.05, 0.1) is 16.3 Å². The summed E-state index contributed by atoms with van der Waals surface area (Å²) in [6, 6.07) is 13.9. The van der Waals surface area contributed by atoms with E-state index in [4.69, 9.17) is 4.84 Å². The fourth-order valence-corrected chi connectivity index (χ4v) is 4.56. The van der Waals surface area contributed by atoms with Gasteiger partial charge in [0.1, 0.15) is 5.92 Å². The number of amidine groups is 1. The third kappa shape index (κ3) is 2.11. The molecule has 1 aliphatic carbocycles. The molecular weight excluding hydrogens is 360 g/mol. The quantitative estimate of drug-likeness (QED) is 0.591. The second-order valence-electron chi connectivity index (χ2n) is 7.32. The fraction of sp³-hybridized carbons (Fsp3) is 0.300. The molecule has 2 aliphatic heterocycles. The molecule has 8 heteroatoms. The van der Waals surface area contributed by atoms with Crippen LogP contribution in [0.15, 0.2) is 53.7 Å². The van der Waals surface area contributed by atoms with Gasteiger partial charge in [-0.3, -0.25) is 19.8 Å². The molecule has 2 atom stereocenters. The summed E-state index contributed by atoms with van der Waals surface area (Å²) in [7, 11) is 1.79. The lowest BCUT2D eigenvalue weighted by Gasteiger charge is -2.36. The van der Waals surface area contributed by atoms with E-state index in [1.54, 1.807) is 24.1 Å². The molecule has 1 saturated carbocycles. The van der Waals surface area contributed by atoms with Crippen LogP contribution in [0.3, 0.4) is 0 Å². The van der Waals surface area contributed by atoms with Crippen LogP contribution in [0, 0.1) is 16.0 Å². The lowest BCUT2D eigenvalue weighted by molar-refractivity contribution is -0.384. The highest BCUT2D eigenvalue weighted by Gasteiger charge is 2.61. The molecule has 2 aromatic rings. The Balaban J connectivity index is 1.68. The highest BCUT2D eigenvalue weighted by molar-refractivity contribution is 6.16. The number of fused-ring (bicyclic) bond motifs is 2. The van der Waals surface area contributed by atoms with Crippen LogP contribution in [-0.4, -0.2) is 29.4 Å². The largest absolute Gasteiger partial charge is 0.364 e. The van der Waals surface area contributed by atoms with Gasteiger partial charge in [-0.25, -0.2) is 0 Å². The Morgan fingerprint density at radius 2 is 1.89 bits per heavy atom. The third-order valence-electron chi connectivity index (χ3n) is 5.90. The molecule has 1 fully saturated rings. The van der Waals surface area contributed by atoms with Crippen molar-refractivity contribution in [2.24, 2.45) is 11.1 Å². The number of carbonyl (C=O) groups excluding carboxylic acids is 1. The Labute approximate surface area is 161 Å². The smallest absolute Gasteiger partial charge is 0.269 e. The molecule has 1 amide bonds. The van der Waals surface area contributed by atoms with Crippen molar-refractivity contribution in [1.82, 2.24) is 0 Å². The maximum absolute atomic E-state index is 13.2. The van der Waals surface area contributed by atoms with Crippen LogP contribution in [0.5, 0.6) is 0 Å². The summed E-state index contributed by atoms with van der Waals surface area (Å²) in [5, 5.41) is 15.3. The SMILES string of the molecule is CN1C(=O)C2CCCC23ON=C(c2ccc([N+](=O)[O-])cc2)N3c2ccccc21. The van der Waals surface area contributed by atoms with Gasteiger partial charge >= 0.3 is 0 Å². The van der Waals surface area contributed by atoms with Gasteiger partial charge in [0, 0.05) is 31.2 Å². The Morgan fingerprint density at radius 3 is 2.61 bits per heavy atom. The number of rotatable bonds is 2. The van der Waals surface area contributed by atoms with E-state index in [1.165, 1.54) is 12.1 Å². The van der Waals surface area contributed by atoms with Crippen molar-refractivity contribution >= 4 is 28.8 Å². The first-order valence-electron chi connectivity index (χ1n) is 9.21. The molecule has 0 bridgehead atoms. The van der Waals surface area contributed by atoms with E-state index in [1.807, 2.05) is 29.2 Å². The molecule has 3 aliphatic rings. The van der Waals surface area contributed by atoms with E-state index < -0.39 is 10.6 Å². The Kier molecular flexibility index (Phi) is 3.46. The van der Waals surface area contributed by atoms with Crippen LogP contribution in [0.1, 0.15) is 24.8 Å². The zero-order chi connectivity index (χ0) is 19.5. The monoisotopic (exact) mass is 378 g/mol. The minimum Gasteiger partial charge on any atom is -0.364 e. The average Bonchev–Trinajstić information content (AvgIpc) is 3.30. The molecule has 8 nitrogen and oxygen atoms in total. The number of nitrogens with zero attached hydrogens (tertiary/aromatic N) is 4. The van der Waals surface area contributed by atoms with Crippen molar-refractivity contribution in [3.63, 3.8) is 0 Å². The number of oxime groups is 1. The maximum atomic E-state index is 13.2. The number of nitro benzene ring substituents is 1. The molecule has 1 spiro atoms. The highest BCUT2D eigenvalue weighted by Crippen LogP contribution is 2.52. The number of non-ortho nitro benzene ring substituents is 1. The molecule has 142 valence electrons. The number of benzene rings is 2. The Bertz CT molecular complexity index is 1020. The Morgan fingerprint density at radius 1 is 1.18 bits per heavy atom. The normalized spacial score (nSPS) is 25.4. The molecule has 0 saturated heterocycles. The van der Waals surface area contributed by atoms with Gasteiger partial charge in [-0.2, -0.15) is 0 Å². The van der Waals surface area contributed by atoms with Crippen LogP contribution >= 0.6 is 0 Å². The lowest BCUT2D eigenvalue weighted by Crippen LogP contribution is -2.53. The molecule has 2 unspecified atom stereocenters. The van der Waals surface area contributed by atoms with E-state index >= 15 is 0 Å². The number of amides is 1. The number of carbonyl (C=O) groups is 1. The first-order chi connectivity index (χ1) is 13.5. The van der Waals surface area contributed by atoms with Crippen molar-refractivity contribution in [3.05, 3.63) is 64.2 Å². The Hall–Kier alpha value is -3.42. The number of para-hydroxylation sites is 2. The fourth-order valence-electron chi connectivity index (χ4n) is 4.56. The van der Waals surface area contributed by atoms with Gasteiger partial charge in [-0.1, -0.05) is 17.3 Å². The second-order valence-corrected chi connectivity index (χ2v) is 7.32. The van der Waals surface area contributed by atoms with Crippen molar-refractivity contribution in [3.8, 4) is 0 Å². The topological polar surface area (TPSA) is 88.3 Å². The van der Waals surface area contributed by atoms with E-state index in [0.717, 1.165) is 24.2 Å². The van der Waals surface area contributed by atoms with Crippen molar-refractivity contribution in [1.29, 1.82) is 0 Å². The van der Waals surface area contributed by atoms with Crippen LogP contribution < -0.4 is 9.80 Å². The van der Waals surface area contributed by atoms with Crippen molar-refractivity contribution in [2.75, 3.05) is 16.8 Å². The summed E-state index contributed by atoms with van der Waals surface area (Å²) in [5.74, 6) is 0.258. The minimum atomic E-state index is -0.852. The van der Waals surface area contributed by atoms with Gasteiger partial charge < -0.3 is 9.74 Å². The van der Waals surface area contributed by atoms with Crippen LogP contribution in [0.4, 0.5) is 17.1 Å². The zero-order valence-corrected chi connectivity index (χ0v) is 15.2. The molecule has 2 aromatic carbocycles. The van der Waals surface area contributed by atoms with Gasteiger partial charge in [-0.15, -0.1) is 0 Å². The minimum absolute atomic E-state index is 0.0166. The predicted octanol–water partition coefficient (Wildman–Crippen LogP) is 3.27. The molecule has 5 rings (SSSR count). The van der Waals surface area contributed by atoms with Crippen molar-refractivity contribution in [2.45, 2.75) is 25.0 Å². The standard InChI is InChI=1S/C20H18N4O4/c1-22-16-6-2-3-7-17(16)23-18(13-8-10-14(11-9-13)24(26)27)21-28-20(23)12-4-5-15(20)19(22)25/h2-3,6-11,15H,4-5,12H2,1H3. The first kappa shape index (κ1) is 16.7. The van der Waals surface area contributed by atoms with Crippen LogP contribution in [-0.2, 0) is 9.63 Å². The van der Waals surface area contributed by atoms with Crippen molar-refractivity contribution < 1.29 is 14.6 Å². The summed E-state index contributed by atoms with van der Waals surface area (Å²) in [5.41, 5.74) is 1.51. The molecule has 2 heterocycles. The van der Waals surface area contributed by atoms with Crippen LogP contribution in [0.2, 0.25) is 0 Å². The van der Waals surface area contributed by atoms with Crippen LogP contribution in [0.25, 0.3) is 0 Å². The number of anilines is 2. The highest BCUT2D eigenvalue weighted by atomic mass is 16.7. The third-order valence-corrected chi connectivity index (χ3v) is 5.90. The van der Waals surface area contributed by atoms with Gasteiger partial charge in [0.25, 0.3) is 5.69 Å². The lowest BCUT2D eigenvalue weighted by atomic mass is 9.96. The van der Waals surface area contributed by atoms with Gasteiger partial charge in [-0.05, 0) is 37.1 Å². The second kappa shape index (κ2) is 5.79. The summed E-state index contributed by atoms with van der Waals surface area (Å²) < 4.78 is 0. The van der Waals surface area contributed by atoms with E-state index in [0.29, 0.717) is 17.8 Å². The predicted molar refractivity (Wildman–Crippen MR) is 103 cm³/mol. The summed E-state index contributed by atoms with van der Waals surface area (Å²) in [4.78, 5) is 33.5. The van der Waals surface area contributed by atoms with Gasteiger partial charge in [0.2, 0.25) is 11.6 Å². The number of hydrogen-bond acceptors (Lipinski definition) is 6. The average molecular weight is 378 g/mol. The molecule has 0 aromatic heterocycles. The maximum Gasteiger partial charge on any atom is 0.269 e. The molecule has 0 radical (unpaired) electrons. The first-order valence-corrected chi connectivity index (χ1v) is 9.21. The summed E-state index contributed by atoms with van der Waals surface area (Å²) >= 11 is 0. The molecule has 0 N–H and O–H groups in total. The number of nitro groups is 1. The van der Waals surface area contributed by atoms with E-state index in [9.17, 15) is 14.9 Å². The summed E-state index contributed by atoms with van der Waals surface area (Å²) in [6.45, 7) is 0. The number of hydrogen-bond donors (Lipinski definition) is 0. The molecule has 28 heavy (non-hydrogen) atoms. The zero-order valence-electron chi connectivity index (χ0n) is 15.2. The summed E-state index contributed by atoms with van der Waals surface area (Å²) in [6.07, 6.45) is 2.29.